The van der Waals surface area contributed by atoms with Crippen LogP contribution in [-0.2, 0) is 16.3 Å². The summed E-state index contributed by atoms with van der Waals surface area (Å²) in [7, 11) is -3.69. The molecule has 0 radical (unpaired) electrons. The molecule has 3 rings (SSSR count). The van der Waals surface area contributed by atoms with Gasteiger partial charge in [-0.2, -0.15) is 0 Å². The quantitative estimate of drug-likeness (QED) is 0.586. The van der Waals surface area contributed by atoms with Gasteiger partial charge in [-0.25, -0.2) is 8.42 Å². The zero-order valence-corrected chi connectivity index (χ0v) is 14.6. The molecule has 0 aliphatic carbocycles. The van der Waals surface area contributed by atoms with Gasteiger partial charge in [-0.3, -0.25) is 10.1 Å². The van der Waals surface area contributed by atoms with Crippen LogP contribution in [0.5, 0.6) is 0 Å². The molecule has 0 unspecified atom stereocenters. The van der Waals surface area contributed by atoms with E-state index in [1.807, 2.05) is 18.2 Å². The summed E-state index contributed by atoms with van der Waals surface area (Å²) in [5, 5.41) is 11.5. The highest BCUT2D eigenvalue weighted by molar-refractivity contribution is 9.10. The van der Waals surface area contributed by atoms with Gasteiger partial charge in [0.15, 0.2) is 9.84 Å². The second-order valence-electron chi connectivity index (χ2n) is 5.33. The van der Waals surface area contributed by atoms with Crippen LogP contribution in [0.3, 0.4) is 0 Å². The molecule has 0 bridgehead atoms. The van der Waals surface area contributed by atoms with Crippen molar-refractivity contribution in [2.45, 2.75) is 11.3 Å². The minimum absolute atomic E-state index is 0.261. The number of sulfone groups is 1. The Hall–Kier alpha value is -1.93. The normalized spacial score (nSPS) is 13.9. The van der Waals surface area contributed by atoms with Gasteiger partial charge in [-0.1, -0.05) is 28.1 Å². The monoisotopic (exact) mass is 396 g/mol. The Bertz CT molecular complexity index is 912. The molecule has 0 fully saturated rings. The predicted octanol–water partition coefficient (Wildman–Crippen LogP) is 3.46. The van der Waals surface area contributed by atoms with Crippen molar-refractivity contribution in [3.8, 4) is 0 Å². The van der Waals surface area contributed by atoms with Gasteiger partial charge in [-0.05, 0) is 36.2 Å². The lowest BCUT2D eigenvalue weighted by Crippen LogP contribution is -2.16. The van der Waals surface area contributed by atoms with E-state index in [-0.39, 0.29) is 10.6 Å². The Morgan fingerprint density at radius 3 is 2.61 bits per heavy atom. The lowest BCUT2D eigenvalue weighted by molar-refractivity contribution is -0.387. The summed E-state index contributed by atoms with van der Waals surface area (Å²) in [5.74, 6) is 0. The highest BCUT2D eigenvalue weighted by Crippen LogP contribution is 2.42. The number of fused-ring (bicyclic) bond motifs is 1. The van der Waals surface area contributed by atoms with Gasteiger partial charge in [0.05, 0.1) is 4.92 Å². The molecular weight excluding hydrogens is 384 g/mol. The highest BCUT2D eigenvalue weighted by atomic mass is 79.9. The third-order valence-corrected chi connectivity index (χ3v) is 5.42. The Morgan fingerprint density at radius 1 is 1.22 bits per heavy atom. The van der Waals surface area contributed by atoms with E-state index in [9.17, 15) is 18.5 Å². The molecule has 0 N–H and O–H groups in total. The van der Waals surface area contributed by atoms with E-state index >= 15 is 0 Å². The first-order valence-corrected chi connectivity index (χ1v) is 9.51. The molecule has 120 valence electrons. The van der Waals surface area contributed by atoms with E-state index in [1.54, 1.807) is 11.0 Å². The molecule has 0 aromatic heterocycles. The maximum Gasteiger partial charge on any atom is 0.311 e. The standard InChI is InChI=1S/C15H13BrN2O4S/c1-23(21,22)14-4-2-3-12(15(14)18(19)20)17-8-7-10-5-6-11(16)9-13(10)17/h2-6,9H,7-8H2,1H3. The van der Waals surface area contributed by atoms with Gasteiger partial charge in [0.25, 0.3) is 0 Å². The number of hydrogen-bond acceptors (Lipinski definition) is 5. The van der Waals surface area contributed by atoms with Crippen molar-refractivity contribution in [2.24, 2.45) is 0 Å². The van der Waals surface area contributed by atoms with Crippen molar-refractivity contribution < 1.29 is 13.3 Å². The summed E-state index contributed by atoms with van der Waals surface area (Å²) >= 11 is 3.40. The fraction of sp³-hybridized carbons (Fsp3) is 0.200. The third kappa shape index (κ3) is 2.84. The van der Waals surface area contributed by atoms with E-state index < -0.39 is 14.8 Å². The summed E-state index contributed by atoms with van der Waals surface area (Å²) in [5.41, 5.74) is 1.86. The number of anilines is 2. The van der Waals surface area contributed by atoms with Crippen molar-refractivity contribution in [3.05, 3.63) is 56.5 Å². The van der Waals surface area contributed by atoms with Crippen LogP contribution in [0, 0.1) is 10.1 Å². The van der Waals surface area contributed by atoms with Crippen molar-refractivity contribution in [1.82, 2.24) is 0 Å². The number of nitro groups is 1. The first kappa shape index (κ1) is 15.9. The fourth-order valence-corrected chi connectivity index (χ4v) is 4.02. The highest BCUT2D eigenvalue weighted by Gasteiger charge is 2.32. The number of para-hydroxylation sites is 1. The first-order valence-electron chi connectivity index (χ1n) is 6.82. The molecule has 0 atom stereocenters. The third-order valence-electron chi connectivity index (χ3n) is 3.79. The van der Waals surface area contributed by atoms with Crippen LogP contribution < -0.4 is 4.90 Å². The molecular formula is C15H13BrN2O4S. The van der Waals surface area contributed by atoms with E-state index in [4.69, 9.17) is 0 Å². The van der Waals surface area contributed by atoms with Crippen LogP contribution in [-0.4, -0.2) is 26.1 Å². The summed E-state index contributed by atoms with van der Waals surface area (Å²) in [6, 6.07) is 10.2. The smallest absolute Gasteiger partial charge is 0.311 e. The molecule has 0 amide bonds. The van der Waals surface area contributed by atoms with Crippen molar-refractivity contribution in [1.29, 1.82) is 0 Å². The van der Waals surface area contributed by atoms with Gasteiger partial charge < -0.3 is 4.90 Å². The number of benzene rings is 2. The average molecular weight is 397 g/mol. The molecule has 0 saturated carbocycles. The van der Waals surface area contributed by atoms with E-state index in [0.29, 0.717) is 12.2 Å². The lowest BCUT2D eigenvalue weighted by Gasteiger charge is -2.20. The molecule has 0 spiro atoms. The number of hydrogen-bond donors (Lipinski definition) is 0. The van der Waals surface area contributed by atoms with E-state index in [0.717, 1.165) is 28.4 Å². The molecule has 0 saturated heterocycles. The largest absolute Gasteiger partial charge is 0.335 e. The molecule has 1 aliphatic rings. The van der Waals surface area contributed by atoms with Crippen LogP contribution in [0.25, 0.3) is 0 Å². The van der Waals surface area contributed by atoms with Crippen molar-refractivity contribution in [2.75, 3.05) is 17.7 Å². The SMILES string of the molecule is CS(=O)(=O)c1cccc(N2CCc3ccc(Br)cc32)c1[N+](=O)[O-]. The van der Waals surface area contributed by atoms with Gasteiger partial charge in [-0.15, -0.1) is 0 Å². The summed E-state index contributed by atoms with van der Waals surface area (Å²) in [6.07, 6.45) is 1.73. The Balaban J connectivity index is 2.24. The maximum absolute atomic E-state index is 11.9. The molecule has 2 aromatic carbocycles. The van der Waals surface area contributed by atoms with Crippen LogP contribution in [0.1, 0.15) is 5.56 Å². The second kappa shape index (κ2) is 5.61. The van der Waals surface area contributed by atoms with Gasteiger partial charge in [0, 0.05) is 23.0 Å². The predicted molar refractivity (Wildman–Crippen MR) is 91.1 cm³/mol. The maximum atomic E-state index is 11.9. The van der Waals surface area contributed by atoms with Gasteiger partial charge in [0.1, 0.15) is 10.6 Å². The molecule has 23 heavy (non-hydrogen) atoms. The molecule has 2 aromatic rings. The first-order chi connectivity index (χ1) is 10.8. The topological polar surface area (TPSA) is 80.5 Å². The lowest BCUT2D eigenvalue weighted by atomic mass is 10.2. The van der Waals surface area contributed by atoms with E-state index in [2.05, 4.69) is 15.9 Å². The van der Waals surface area contributed by atoms with Crippen LogP contribution >= 0.6 is 15.9 Å². The van der Waals surface area contributed by atoms with Gasteiger partial charge in [0.2, 0.25) is 0 Å². The minimum atomic E-state index is -3.69. The van der Waals surface area contributed by atoms with E-state index in [1.165, 1.54) is 12.1 Å². The number of nitrogens with zero attached hydrogens (tertiary/aromatic N) is 2. The zero-order valence-electron chi connectivity index (χ0n) is 12.2. The summed E-state index contributed by atoms with van der Waals surface area (Å²) in [6.45, 7) is 0.569. The molecule has 1 heterocycles. The average Bonchev–Trinajstić information content (AvgIpc) is 2.88. The summed E-state index contributed by atoms with van der Waals surface area (Å²) < 4.78 is 24.7. The number of nitro benzene ring substituents is 1. The second-order valence-corrected chi connectivity index (χ2v) is 8.23. The number of rotatable bonds is 3. The van der Waals surface area contributed by atoms with Crippen molar-refractivity contribution in [3.63, 3.8) is 0 Å². The number of halogens is 1. The Labute approximate surface area is 141 Å². The van der Waals surface area contributed by atoms with Crippen LogP contribution in [0.2, 0.25) is 0 Å². The Kier molecular flexibility index (Phi) is 3.89. The minimum Gasteiger partial charge on any atom is -0.335 e. The van der Waals surface area contributed by atoms with Gasteiger partial charge >= 0.3 is 5.69 Å². The molecule has 6 nitrogen and oxygen atoms in total. The molecule has 1 aliphatic heterocycles. The van der Waals surface area contributed by atoms with Crippen molar-refractivity contribution >= 4 is 42.8 Å². The molecule has 8 heteroatoms. The summed E-state index contributed by atoms with van der Waals surface area (Å²) in [4.78, 5) is 12.4. The fourth-order valence-electron chi connectivity index (χ4n) is 2.81. The Morgan fingerprint density at radius 2 is 1.96 bits per heavy atom. The van der Waals surface area contributed by atoms with Crippen LogP contribution in [0.15, 0.2) is 45.8 Å². The van der Waals surface area contributed by atoms with Crippen LogP contribution in [0.4, 0.5) is 17.1 Å². The zero-order chi connectivity index (χ0) is 16.8.